The van der Waals surface area contributed by atoms with Gasteiger partial charge in [-0.2, -0.15) is 0 Å². The van der Waals surface area contributed by atoms with Gasteiger partial charge in [0.2, 0.25) is 0 Å². The molecule has 0 radical (unpaired) electrons. The van der Waals surface area contributed by atoms with Crippen LogP contribution in [-0.4, -0.2) is 18.6 Å². The van der Waals surface area contributed by atoms with Crippen LogP contribution in [-0.2, 0) is 9.53 Å². The van der Waals surface area contributed by atoms with E-state index in [1.807, 2.05) is 13.8 Å². The van der Waals surface area contributed by atoms with Gasteiger partial charge in [-0.05, 0) is 31.4 Å². The highest BCUT2D eigenvalue weighted by Gasteiger charge is 2.05. The van der Waals surface area contributed by atoms with Gasteiger partial charge in [0.25, 0.3) is 5.91 Å². The third-order valence-corrected chi connectivity index (χ3v) is 2.57. The van der Waals surface area contributed by atoms with Crippen molar-refractivity contribution in [3.63, 3.8) is 0 Å². The van der Waals surface area contributed by atoms with E-state index >= 15 is 0 Å². The number of ether oxygens (including phenoxy) is 1. The summed E-state index contributed by atoms with van der Waals surface area (Å²) in [4.78, 5) is 11.5. The number of carbonyl (C=O) groups excluding carboxylic acids is 1. The number of amides is 1. The van der Waals surface area contributed by atoms with Crippen LogP contribution in [0.2, 0.25) is 0 Å². The van der Waals surface area contributed by atoms with Crippen molar-refractivity contribution in [3.05, 3.63) is 29.8 Å². The van der Waals surface area contributed by atoms with Crippen LogP contribution < -0.4 is 5.32 Å². The molecule has 0 aliphatic carbocycles. The Hall–Kier alpha value is -1.93. The molecule has 3 nitrogen and oxygen atoms in total. The van der Waals surface area contributed by atoms with Crippen LogP contribution in [0.3, 0.4) is 0 Å². The van der Waals surface area contributed by atoms with Gasteiger partial charge in [0.05, 0.1) is 6.10 Å². The summed E-state index contributed by atoms with van der Waals surface area (Å²) in [6.07, 6.45) is 1.27. The van der Waals surface area contributed by atoms with E-state index in [1.54, 1.807) is 0 Å². The van der Waals surface area contributed by atoms with Crippen molar-refractivity contribution in [1.82, 2.24) is 0 Å². The Kier molecular flexibility index (Phi) is 6.68. The molecule has 1 atom stereocenters. The molecule has 1 amide bonds. The first-order chi connectivity index (χ1) is 9.56. The van der Waals surface area contributed by atoms with Crippen LogP contribution in [0.1, 0.15) is 26.7 Å². The van der Waals surface area contributed by atoms with Gasteiger partial charge in [0.1, 0.15) is 0 Å². The second-order valence-electron chi connectivity index (χ2n) is 4.07. The van der Waals surface area contributed by atoms with Crippen molar-refractivity contribution in [2.24, 2.45) is 0 Å². The lowest BCUT2D eigenvalue weighted by atomic mass is 10.2. The molecule has 0 saturated carbocycles. The predicted octanol–water partition coefficient (Wildman–Crippen LogP) is 3.11. The van der Waals surface area contributed by atoms with E-state index in [-0.39, 0.29) is 11.8 Å². The van der Waals surface area contributed by atoms with Gasteiger partial charge in [0, 0.05) is 24.8 Å². The minimum atomic E-state index is -1.02. The van der Waals surface area contributed by atoms with Crippen LogP contribution >= 0.6 is 0 Å². The number of benzene rings is 1. The molecule has 0 fully saturated rings. The SMILES string of the molecule is CCOC(CC)CC#CC(=O)Nc1ccc(F)c(F)c1. The van der Waals surface area contributed by atoms with Crippen LogP contribution in [0.15, 0.2) is 18.2 Å². The largest absolute Gasteiger partial charge is 0.378 e. The van der Waals surface area contributed by atoms with Crippen molar-refractivity contribution in [1.29, 1.82) is 0 Å². The van der Waals surface area contributed by atoms with Gasteiger partial charge in [-0.3, -0.25) is 4.79 Å². The number of hydrogen-bond acceptors (Lipinski definition) is 2. The van der Waals surface area contributed by atoms with Gasteiger partial charge in [0.15, 0.2) is 11.6 Å². The van der Waals surface area contributed by atoms with Gasteiger partial charge in [-0.25, -0.2) is 8.78 Å². The lowest BCUT2D eigenvalue weighted by Gasteiger charge is -2.10. The smallest absolute Gasteiger partial charge is 0.300 e. The second-order valence-corrected chi connectivity index (χ2v) is 4.07. The zero-order valence-corrected chi connectivity index (χ0v) is 11.5. The standard InChI is InChI=1S/C15H17F2NO2/c1-3-12(20-4-2)6-5-7-15(19)18-11-8-9-13(16)14(17)10-11/h8-10,12H,3-4,6H2,1-2H3,(H,18,19). The molecular weight excluding hydrogens is 264 g/mol. The Morgan fingerprint density at radius 2 is 2.10 bits per heavy atom. The van der Waals surface area contributed by atoms with E-state index in [2.05, 4.69) is 17.2 Å². The fourth-order valence-corrected chi connectivity index (χ4v) is 1.54. The topological polar surface area (TPSA) is 38.3 Å². The fraction of sp³-hybridized carbons (Fsp3) is 0.400. The third kappa shape index (κ3) is 5.37. The highest BCUT2D eigenvalue weighted by molar-refractivity contribution is 6.03. The molecule has 0 saturated heterocycles. The van der Waals surface area contributed by atoms with Crippen molar-refractivity contribution < 1.29 is 18.3 Å². The molecule has 0 aliphatic heterocycles. The molecule has 1 rings (SSSR count). The van der Waals surface area contributed by atoms with E-state index in [0.29, 0.717) is 13.0 Å². The molecule has 0 aliphatic rings. The van der Waals surface area contributed by atoms with Crippen LogP contribution in [0.5, 0.6) is 0 Å². The van der Waals surface area contributed by atoms with Crippen LogP contribution in [0, 0.1) is 23.5 Å². The van der Waals surface area contributed by atoms with Gasteiger partial charge >= 0.3 is 0 Å². The van der Waals surface area contributed by atoms with Crippen molar-refractivity contribution in [2.75, 3.05) is 11.9 Å². The summed E-state index contributed by atoms with van der Waals surface area (Å²) in [5.74, 6) is 2.56. The minimum Gasteiger partial charge on any atom is -0.378 e. The maximum atomic E-state index is 12.9. The van der Waals surface area contributed by atoms with Gasteiger partial charge in [-0.15, -0.1) is 0 Å². The third-order valence-electron chi connectivity index (χ3n) is 2.57. The lowest BCUT2D eigenvalue weighted by molar-refractivity contribution is -0.111. The van der Waals surface area contributed by atoms with Crippen LogP contribution in [0.25, 0.3) is 0 Å². The molecule has 0 spiro atoms. The van der Waals surface area contributed by atoms with E-state index in [4.69, 9.17) is 4.74 Å². The number of hydrogen-bond donors (Lipinski definition) is 1. The zero-order chi connectivity index (χ0) is 15.0. The molecule has 20 heavy (non-hydrogen) atoms. The fourth-order valence-electron chi connectivity index (χ4n) is 1.54. The molecule has 1 aromatic carbocycles. The molecule has 108 valence electrons. The first-order valence-electron chi connectivity index (χ1n) is 6.43. The minimum absolute atomic E-state index is 0.00330. The number of carbonyl (C=O) groups is 1. The quantitative estimate of drug-likeness (QED) is 0.842. The summed E-state index contributed by atoms with van der Waals surface area (Å²) in [7, 11) is 0. The number of anilines is 1. The molecule has 5 heteroatoms. The van der Waals surface area contributed by atoms with Crippen molar-refractivity contribution >= 4 is 11.6 Å². The first-order valence-corrected chi connectivity index (χ1v) is 6.43. The Bertz CT molecular complexity index is 520. The molecular formula is C15H17F2NO2. The highest BCUT2D eigenvalue weighted by Crippen LogP contribution is 2.12. The van der Waals surface area contributed by atoms with Crippen molar-refractivity contribution in [2.45, 2.75) is 32.8 Å². The van der Waals surface area contributed by atoms with E-state index in [0.717, 1.165) is 18.6 Å². The summed E-state index contributed by atoms with van der Waals surface area (Å²) in [5.41, 5.74) is 0.167. The molecule has 1 N–H and O–H groups in total. The Labute approximate surface area is 117 Å². The van der Waals surface area contributed by atoms with Crippen molar-refractivity contribution in [3.8, 4) is 11.8 Å². The Morgan fingerprint density at radius 1 is 1.35 bits per heavy atom. The second kappa shape index (κ2) is 8.28. The van der Waals surface area contributed by atoms with E-state index in [1.165, 1.54) is 6.07 Å². The monoisotopic (exact) mass is 281 g/mol. The maximum Gasteiger partial charge on any atom is 0.300 e. The maximum absolute atomic E-state index is 12.9. The van der Waals surface area contributed by atoms with E-state index in [9.17, 15) is 13.6 Å². The average Bonchev–Trinajstić information content (AvgIpc) is 2.42. The molecule has 0 aromatic heterocycles. The molecule has 0 heterocycles. The summed E-state index contributed by atoms with van der Waals surface area (Å²) in [5, 5.41) is 2.37. The predicted molar refractivity (Wildman–Crippen MR) is 73.1 cm³/mol. The Balaban J connectivity index is 2.53. The summed E-state index contributed by atoms with van der Waals surface area (Å²) in [6, 6.07) is 3.12. The molecule has 0 bridgehead atoms. The van der Waals surface area contributed by atoms with Gasteiger partial charge in [-0.1, -0.05) is 12.8 Å². The summed E-state index contributed by atoms with van der Waals surface area (Å²) < 4.78 is 31.0. The number of rotatable bonds is 5. The highest BCUT2D eigenvalue weighted by atomic mass is 19.2. The summed E-state index contributed by atoms with van der Waals surface area (Å²) >= 11 is 0. The van der Waals surface area contributed by atoms with E-state index < -0.39 is 17.5 Å². The zero-order valence-electron chi connectivity index (χ0n) is 11.5. The number of halogens is 2. The van der Waals surface area contributed by atoms with Gasteiger partial charge < -0.3 is 10.1 Å². The first kappa shape index (κ1) is 16.1. The van der Waals surface area contributed by atoms with Crippen LogP contribution in [0.4, 0.5) is 14.5 Å². The lowest BCUT2D eigenvalue weighted by Crippen LogP contribution is -2.12. The Morgan fingerprint density at radius 3 is 2.70 bits per heavy atom. The molecule has 1 aromatic rings. The summed E-state index contributed by atoms with van der Waals surface area (Å²) in [6.45, 7) is 4.47. The molecule has 1 unspecified atom stereocenters. The normalized spacial score (nSPS) is 11.4. The number of nitrogens with one attached hydrogen (secondary N) is 1. The average molecular weight is 281 g/mol.